The highest BCUT2D eigenvalue weighted by atomic mass is 32.2. The lowest BCUT2D eigenvalue weighted by Gasteiger charge is -2.22. The Morgan fingerprint density at radius 2 is 2.21 bits per heavy atom. The van der Waals surface area contributed by atoms with Gasteiger partial charge in [0.25, 0.3) is 0 Å². The lowest BCUT2D eigenvalue weighted by molar-refractivity contribution is -0.121. The summed E-state index contributed by atoms with van der Waals surface area (Å²) in [7, 11) is 0.654. The van der Waals surface area contributed by atoms with Crippen molar-refractivity contribution < 1.29 is 17.9 Å². The smallest absolute Gasteiger partial charge is 0.221 e. The molecule has 0 aromatic carbocycles. The number of ether oxygens (including phenoxy) is 1. The van der Waals surface area contributed by atoms with Crippen molar-refractivity contribution in [3.05, 3.63) is 0 Å². The lowest BCUT2D eigenvalue weighted by Crippen LogP contribution is -2.36. The fraction of sp³-hybridized carbons (Fsp3) is 0.917. The largest absolute Gasteiger partial charge is 0.385 e. The highest BCUT2D eigenvalue weighted by molar-refractivity contribution is 7.91. The Morgan fingerprint density at radius 3 is 2.79 bits per heavy atom. The minimum absolute atomic E-state index is 0.00353. The molecule has 19 heavy (non-hydrogen) atoms. The van der Waals surface area contributed by atoms with E-state index < -0.39 is 9.84 Å². The maximum absolute atomic E-state index is 11.6. The Morgan fingerprint density at radius 1 is 1.47 bits per heavy atom. The van der Waals surface area contributed by atoms with Gasteiger partial charge in [0.05, 0.1) is 11.5 Å². The maximum Gasteiger partial charge on any atom is 0.221 e. The summed E-state index contributed by atoms with van der Waals surface area (Å²) in [6, 6.07) is 0.0614. The molecule has 0 radical (unpaired) electrons. The number of hydrogen-bond donors (Lipinski definition) is 1. The minimum atomic E-state index is -2.86. The molecule has 6 nitrogen and oxygen atoms in total. The Hall–Kier alpha value is -0.660. The third kappa shape index (κ3) is 6.35. The molecule has 1 N–H and O–H groups in total. The van der Waals surface area contributed by atoms with E-state index in [4.69, 9.17) is 4.74 Å². The zero-order valence-electron chi connectivity index (χ0n) is 11.7. The molecule has 1 saturated heterocycles. The van der Waals surface area contributed by atoms with E-state index in [0.29, 0.717) is 32.5 Å². The predicted octanol–water partition coefficient (Wildman–Crippen LogP) is -0.352. The lowest BCUT2D eigenvalue weighted by atomic mass is 10.2. The van der Waals surface area contributed by atoms with Gasteiger partial charge in [-0.3, -0.25) is 4.79 Å². The first kappa shape index (κ1) is 16.4. The maximum atomic E-state index is 11.6. The Labute approximate surface area is 115 Å². The second-order valence-electron chi connectivity index (χ2n) is 4.98. The van der Waals surface area contributed by atoms with E-state index in [0.717, 1.165) is 6.42 Å². The van der Waals surface area contributed by atoms with Crippen LogP contribution in [0.5, 0.6) is 0 Å². The average Bonchev–Trinajstić information content (AvgIpc) is 2.72. The van der Waals surface area contributed by atoms with Crippen LogP contribution >= 0.6 is 0 Å². The molecule has 1 fully saturated rings. The van der Waals surface area contributed by atoms with Crippen molar-refractivity contribution in [2.75, 3.05) is 45.4 Å². The third-order valence-corrected chi connectivity index (χ3v) is 5.12. The minimum Gasteiger partial charge on any atom is -0.385 e. The molecule has 0 aliphatic carbocycles. The normalized spacial score (nSPS) is 21.7. The molecule has 0 aromatic heterocycles. The summed E-state index contributed by atoms with van der Waals surface area (Å²) in [5, 5.41) is 2.82. The number of carbonyl (C=O) groups excluding carboxylic acids is 1. The van der Waals surface area contributed by atoms with Gasteiger partial charge in [0, 0.05) is 39.3 Å². The SMILES string of the molecule is COCCCNC(=O)CCN(C)C1CCS(=O)(=O)C1. The van der Waals surface area contributed by atoms with Crippen molar-refractivity contribution in [3.8, 4) is 0 Å². The standard InChI is InChI=1S/C12H24N2O4S/c1-14(11-5-9-19(16,17)10-11)7-4-12(15)13-6-3-8-18-2/h11H,3-10H2,1-2H3,(H,13,15). The first-order valence-electron chi connectivity index (χ1n) is 6.61. The topological polar surface area (TPSA) is 75.7 Å². The van der Waals surface area contributed by atoms with Gasteiger partial charge in [0.15, 0.2) is 9.84 Å². The molecule has 112 valence electrons. The van der Waals surface area contributed by atoms with Crippen LogP contribution in [0.1, 0.15) is 19.3 Å². The zero-order valence-corrected chi connectivity index (χ0v) is 12.5. The van der Waals surface area contributed by atoms with Crippen molar-refractivity contribution >= 4 is 15.7 Å². The molecule has 0 aromatic rings. The number of nitrogens with zero attached hydrogens (tertiary/aromatic N) is 1. The van der Waals surface area contributed by atoms with Crippen molar-refractivity contribution in [2.24, 2.45) is 0 Å². The highest BCUT2D eigenvalue weighted by Gasteiger charge is 2.30. The van der Waals surface area contributed by atoms with Crippen LogP contribution in [0, 0.1) is 0 Å². The van der Waals surface area contributed by atoms with Crippen molar-refractivity contribution in [1.82, 2.24) is 10.2 Å². The number of rotatable bonds is 8. The van der Waals surface area contributed by atoms with Crippen LogP contribution in [0.2, 0.25) is 0 Å². The van der Waals surface area contributed by atoms with Crippen LogP contribution < -0.4 is 5.32 Å². The molecule has 1 atom stereocenters. The number of hydrogen-bond acceptors (Lipinski definition) is 5. The fourth-order valence-electron chi connectivity index (χ4n) is 2.12. The first-order chi connectivity index (χ1) is 8.94. The summed E-state index contributed by atoms with van der Waals surface area (Å²) in [6.45, 7) is 1.85. The van der Waals surface area contributed by atoms with E-state index >= 15 is 0 Å². The van der Waals surface area contributed by atoms with Gasteiger partial charge in [-0.05, 0) is 19.9 Å². The number of sulfone groups is 1. The van der Waals surface area contributed by atoms with E-state index in [9.17, 15) is 13.2 Å². The van der Waals surface area contributed by atoms with E-state index in [1.54, 1.807) is 7.11 Å². The van der Waals surface area contributed by atoms with E-state index in [-0.39, 0.29) is 23.5 Å². The van der Waals surface area contributed by atoms with E-state index in [1.807, 2.05) is 11.9 Å². The Kier molecular flexibility index (Phi) is 6.74. The molecular formula is C12H24N2O4S. The summed E-state index contributed by atoms with van der Waals surface area (Å²) >= 11 is 0. The summed E-state index contributed by atoms with van der Waals surface area (Å²) in [5.74, 6) is 0.494. The van der Waals surface area contributed by atoms with Crippen molar-refractivity contribution in [1.29, 1.82) is 0 Å². The molecule has 1 unspecified atom stereocenters. The Balaban J connectivity index is 2.16. The molecule has 1 aliphatic rings. The van der Waals surface area contributed by atoms with Crippen molar-refractivity contribution in [3.63, 3.8) is 0 Å². The fourth-order valence-corrected chi connectivity index (χ4v) is 3.92. The molecule has 0 spiro atoms. The average molecular weight is 292 g/mol. The number of amides is 1. The van der Waals surface area contributed by atoms with Gasteiger partial charge in [-0.1, -0.05) is 0 Å². The van der Waals surface area contributed by atoms with Crippen LogP contribution in [0.4, 0.5) is 0 Å². The van der Waals surface area contributed by atoms with Gasteiger partial charge in [0.1, 0.15) is 0 Å². The third-order valence-electron chi connectivity index (χ3n) is 3.37. The van der Waals surface area contributed by atoms with E-state index in [1.165, 1.54) is 0 Å². The van der Waals surface area contributed by atoms with Gasteiger partial charge < -0.3 is 15.0 Å². The van der Waals surface area contributed by atoms with Gasteiger partial charge in [-0.15, -0.1) is 0 Å². The van der Waals surface area contributed by atoms with Crippen LogP contribution in [0.3, 0.4) is 0 Å². The van der Waals surface area contributed by atoms with E-state index in [2.05, 4.69) is 5.32 Å². The predicted molar refractivity (Wildman–Crippen MR) is 73.8 cm³/mol. The first-order valence-corrected chi connectivity index (χ1v) is 8.43. The highest BCUT2D eigenvalue weighted by Crippen LogP contribution is 2.16. The van der Waals surface area contributed by atoms with Crippen LogP contribution in [0.15, 0.2) is 0 Å². The van der Waals surface area contributed by atoms with Crippen LogP contribution in [-0.2, 0) is 19.4 Å². The van der Waals surface area contributed by atoms with Gasteiger partial charge >= 0.3 is 0 Å². The second-order valence-corrected chi connectivity index (χ2v) is 7.21. The van der Waals surface area contributed by atoms with Gasteiger partial charge in [-0.25, -0.2) is 8.42 Å². The number of carbonyl (C=O) groups is 1. The molecule has 1 heterocycles. The Bertz CT molecular complexity index is 383. The molecule has 0 saturated carbocycles. The van der Waals surface area contributed by atoms with Gasteiger partial charge in [0.2, 0.25) is 5.91 Å². The van der Waals surface area contributed by atoms with Crippen LogP contribution in [-0.4, -0.2) is 70.6 Å². The summed E-state index contributed by atoms with van der Waals surface area (Å²) < 4.78 is 27.6. The molecule has 0 bridgehead atoms. The summed E-state index contributed by atoms with van der Waals surface area (Å²) in [6.07, 6.45) is 1.88. The summed E-state index contributed by atoms with van der Waals surface area (Å²) in [4.78, 5) is 13.5. The monoisotopic (exact) mass is 292 g/mol. The number of methoxy groups -OCH3 is 1. The molecular weight excluding hydrogens is 268 g/mol. The summed E-state index contributed by atoms with van der Waals surface area (Å²) in [5.41, 5.74) is 0. The van der Waals surface area contributed by atoms with Gasteiger partial charge in [-0.2, -0.15) is 0 Å². The van der Waals surface area contributed by atoms with Crippen LogP contribution in [0.25, 0.3) is 0 Å². The molecule has 1 rings (SSSR count). The molecule has 1 amide bonds. The van der Waals surface area contributed by atoms with Crippen molar-refractivity contribution in [2.45, 2.75) is 25.3 Å². The molecule has 1 aliphatic heterocycles. The molecule has 7 heteroatoms. The zero-order chi connectivity index (χ0) is 14.3. The quantitative estimate of drug-likeness (QED) is 0.619. The number of nitrogens with one attached hydrogen (secondary N) is 1. The second kappa shape index (κ2) is 7.81.